The first-order valence-electron chi connectivity index (χ1n) is 5.00. The number of hydrogen-bond donors (Lipinski definition) is 0. The van der Waals surface area contributed by atoms with Gasteiger partial charge < -0.3 is 9.57 Å². The smallest absolute Gasteiger partial charge is 0.331 e. The van der Waals surface area contributed by atoms with Crippen LogP contribution in [0, 0.1) is 0 Å². The van der Waals surface area contributed by atoms with Gasteiger partial charge >= 0.3 is 11.9 Å². The van der Waals surface area contributed by atoms with E-state index in [0.717, 1.165) is 0 Å². The molecule has 0 aliphatic heterocycles. The number of esters is 1. The van der Waals surface area contributed by atoms with Crippen molar-refractivity contribution in [3.05, 3.63) is 29.8 Å². The monoisotopic (exact) mass is 235 g/mol. The topological polar surface area (TPSA) is 65.0 Å². The van der Waals surface area contributed by atoms with Gasteiger partial charge in [0.25, 0.3) is 0 Å². The van der Waals surface area contributed by atoms with Crippen molar-refractivity contribution >= 4 is 17.7 Å². The van der Waals surface area contributed by atoms with Gasteiger partial charge in [0.15, 0.2) is 0 Å². The second-order valence-corrected chi connectivity index (χ2v) is 3.35. The van der Waals surface area contributed by atoms with Crippen molar-refractivity contribution in [2.45, 2.75) is 20.8 Å². The molecule has 0 unspecified atom stereocenters. The summed E-state index contributed by atoms with van der Waals surface area (Å²) in [6.45, 7) is 4.23. The fourth-order valence-corrected chi connectivity index (χ4v) is 1.19. The van der Waals surface area contributed by atoms with E-state index in [1.54, 1.807) is 31.2 Å². The van der Waals surface area contributed by atoms with Gasteiger partial charge in [0, 0.05) is 19.4 Å². The lowest BCUT2D eigenvalue weighted by Gasteiger charge is -2.07. The largest absolute Gasteiger partial charge is 0.426 e. The van der Waals surface area contributed by atoms with Crippen LogP contribution in [-0.4, -0.2) is 17.7 Å². The molecule has 0 atom stereocenters. The summed E-state index contributed by atoms with van der Waals surface area (Å²) in [7, 11) is 0. The third-order valence-electron chi connectivity index (χ3n) is 1.84. The maximum absolute atomic E-state index is 10.9. The number of oxime groups is 1. The molecule has 1 aromatic rings. The third-order valence-corrected chi connectivity index (χ3v) is 1.84. The van der Waals surface area contributed by atoms with Crippen molar-refractivity contribution in [1.29, 1.82) is 0 Å². The fourth-order valence-electron chi connectivity index (χ4n) is 1.19. The molecule has 0 amide bonds. The molecule has 0 saturated heterocycles. The average molecular weight is 235 g/mol. The Bertz CT molecular complexity index is 465. The van der Waals surface area contributed by atoms with Gasteiger partial charge in [-0.15, -0.1) is 0 Å². The summed E-state index contributed by atoms with van der Waals surface area (Å²) in [6, 6.07) is 6.88. The molecule has 5 nitrogen and oxygen atoms in total. The Morgan fingerprint density at radius 3 is 2.29 bits per heavy atom. The second-order valence-electron chi connectivity index (χ2n) is 3.35. The number of nitrogens with zero attached hydrogens (tertiary/aromatic N) is 1. The Kier molecular flexibility index (Phi) is 4.39. The summed E-state index contributed by atoms with van der Waals surface area (Å²) in [5.41, 5.74) is 1.06. The summed E-state index contributed by atoms with van der Waals surface area (Å²) in [5.74, 6) is -0.541. The highest BCUT2D eigenvalue weighted by Gasteiger charge is 2.08. The lowest BCUT2D eigenvalue weighted by molar-refractivity contribution is -0.141. The molecule has 0 aliphatic carbocycles. The molecule has 1 rings (SSSR count). The predicted molar refractivity (Wildman–Crippen MR) is 61.7 cm³/mol. The van der Waals surface area contributed by atoms with Crippen LogP contribution >= 0.6 is 0 Å². The van der Waals surface area contributed by atoms with Crippen LogP contribution in [0.1, 0.15) is 26.3 Å². The molecule has 1 aromatic carbocycles. The molecule has 0 bridgehead atoms. The molecular formula is C12H13NO4. The number of benzene rings is 1. The Balaban J connectivity index is 2.99. The minimum atomic E-state index is -0.505. The Morgan fingerprint density at radius 1 is 1.06 bits per heavy atom. The van der Waals surface area contributed by atoms with Gasteiger partial charge in [0.05, 0.1) is 5.71 Å². The lowest BCUT2D eigenvalue weighted by atomic mass is 10.1. The van der Waals surface area contributed by atoms with Gasteiger partial charge in [0.2, 0.25) is 0 Å². The van der Waals surface area contributed by atoms with E-state index >= 15 is 0 Å². The number of carbonyl (C=O) groups excluding carboxylic acids is 2. The SMILES string of the molecule is CC(=O)ON=C(C)c1ccccc1OC(C)=O. The predicted octanol–water partition coefficient (Wildman–Crippen LogP) is 1.90. The van der Waals surface area contributed by atoms with Crippen molar-refractivity contribution in [3.63, 3.8) is 0 Å². The van der Waals surface area contributed by atoms with E-state index in [2.05, 4.69) is 9.99 Å². The Morgan fingerprint density at radius 2 is 1.71 bits per heavy atom. The van der Waals surface area contributed by atoms with Crippen LogP contribution in [0.25, 0.3) is 0 Å². The molecule has 0 fully saturated rings. The molecule has 17 heavy (non-hydrogen) atoms. The standard InChI is InChI=1S/C12H13NO4/c1-8(13-17-10(3)15)11-6-4-5-7-12(11)16-9(2)14/h4-7H,1-3H3. The van der Waals surface area contributed by atoms with Gasteiger partial charge in [-0.3, -0.25) is 4.79 Å². The van der Waals surface area contributed by atoms with Crippen LogP contribution in [0.4, 0.5) is 0 Å². The van der Waals surface area contributed by atoms with Gasteiger partial charge in [-0.1, -0.05) is 17.3 Å². The molecule has 0 spiro atoms. The van der Waals surface area contributed by atoms with Crippen molar-refractivity contribution in [2.75, 3.05) is 0 Å². The fraction of sp³-hybridized carbons (Fsp3) is 0.250. The summed E-state index contributed by atoms with van der Waals surface area (Å²) < 4.78 is 5.01. The first-order chi connectivity index (χ1) is 8.00. The first-order valence-corrected chi connectivity index (χ1v) is 5.00. The highest BCUT2D eigenvalue weighted by Crippen LogP contribution is 2.19. The normalized spacial score (nSPS) is 10.9. The molecule has 0 heterocycles. The molecule has 0 radical (unpaired) electrons. The van der Waals surface area contributed by atoms with E-state index in [4.69, 9.17) is 4.74 Å². The molecular weight excluding hydrogens is 222 g/mol. The summed E-state index contributed by atoms with van der Waals surface area (Å²) in [4.78, 5) is 26.1. The first kappa shape index (κ1) is 12.9. The van der Waals surface area contributed by atoms with E-state index < -0.39 is 11.9 Å². The van der Waals surface area contributed by atoms with E-state index in [9.17, 15) is 9.59 Å². The molecule has 90 valence electrons. The number of ether oxygens (including phenoxy) is 1. The number of rotatable bonds is 3. The van der Waals surface area contributed by atoms with E-state index in [1.807, 2.05) is 0 Å². The van der Waals surface area contributed by atoms with Gasteiger partial charge in [-0.05, 0) is 19.1 Å². The zero-order valence-corrected chi connectivity index (χ0v) is 9.89. The molecule has 5 heteroatoms. The zero-order chi connectivity index (χ0) is 12.8. The van der Waals surface area contributed by atoms with Gasteiger partial charge in [-0.2, -0.15) is 0 Å². The molecule has 0 N–H and O–H groups in total. The summed E-state index contributed by atoms with van der Waals surface area (Å²) >= 11 is 0. The average Bonchev–Trinajstić information content (AvgIpc) is 2.25. The minimum absolute atomic E-state index is 0.383. The number of hydrogen-bond acceptors (Lipinski definition) is 5. The maximum Gasteiger partial charge on any atom is 0.331 e. The summed E-state index contributed by atoms with van der Waals surface area (Å²) in [5, 5.41) is 3.64. The maximum atomic E-state index is 10.9. The van der Waals surface area contributed by atoms with Gasteiger partial charge in [-0.25, -0.2) is 4.79 Å². The molecule has 0 saturated carbocycles. The van der Waals surface area contributed by atoms with Crippen LogP contribution in [0.15, 0.2) is 29.4 Å². The van der Waals surface area contributed by atoms with E-state index in [1.165, 1.54) is 13.8 Å². The minimum Gasteiger partial charge on any atom is -0.426 e. The van der Waals surface area contributed by atoms with Crippen LogP contribution in [0.5, 0.6) is 5.75 Å². The third kappa shape index (κ3) is 4.06. The van der Waals surface area contributed by atoms with E-state index in [0.29, 0.717) is 17.0 Å². The Labute approximate surface area is 99.0 Å². The number of carbonyl (C=O) groups is 2. The van der Waals surface area contributed by atoms with Crippen molar-refractivity contribution in [3.8, 4) is 5.75 Å². The molecule has 0 aromatic heterocycles. The second kappa shape index (κ2) is 5.79. The number of para-hydroxylation sites is 1. The highest BCUT2D eigenvalue weighted by atomic mass is 16.7. The quantitative estimate of drug-likeness (QED) is 0.264. The van der Waals surface area contributed by atoms with Crippen LogP contribution in [-0.2, 0) is 14.4 Å². The highest BCUT2D eigenvalue weighted by molar-refractivity contribution is 6.01. The summed E-state index contributed by atoms with van der Waals surface area (Å²) in [6.07, 6.45) is 0. The van der Waals surface area contributed by atoms with Crippen LogP contribution in [0.3, 0.4) is 0 Å². The van der Waals surface area contributed by atoms with Crippen molar-refractivity contribution in [2.24, 2.45) is 5.16 Å². The Hall–Kier alpha value is -2.17. The van der Waals surface area contributed by atoms with E-state index in [-0.39, 0.29) is 0 Å². The van der Waals surface area contributed by atoms with Crippen molar-refractivity contribution < 1.29 is 19.2 Å². The van der Waals surface area contributed by atoms with Crippen LogP contribution in [0.2, 0.25) is 0 Å². The zero-order valence-electron chi connectivity index (χ0n) is 9.89. The van der Waals surface area contributed by atoms with Crippen molar-refractivity contribution in [1.82, 2.24) is 0 Å². The van der Waals surface area contributed by atoms with Crippen LogP contribution < -0.4 is 4.74 Å². The lowest BCUT2D eigenvalue weighted by Crippen LogP contribution is -2.07. The molecule has 0 aliphatic rings. The van der Waals surface area contributed by atoms with Gasteiger partial charge in [0.1, 0.15) is 5.75 Å².